The lowest BCUT2D eigenvalue weighted by molar-refractivity contribution is -0.312. The molecular weight excluding hydrogens is 240 g/mol. The second-order valence-electron chi connectivity index (χ2n) is 4.79. The van der Waals surface area contributed by atoms with Gasteiger partial charge in [-0.3, -0.25) is 0 Å². The Morgan fingerprint density at radius 1 is 1.32 bits per heavy atom. The summed E-state index contributed by atoms with van der Waals surface area (Å²) in [6, 6.07) is 9.43. The van der Waals surface area contributed by atoms with Crippen LogP contribution in [0.15, 0.2) is 54.6 Å². The fraction of sp³-hybridized carbons (Fsp3) is 0.250. The molecule has 0 spiro atoms. The van der Waals surface area contributed by atoms with Crippen LogP contribution in [-0.4, -0.2) is 12.3 Å². The lowest BCUT2D eigenvalue weighted by Gasteiger charge is -2.39. The molecule has 0 saturated carbocycles. The molecule has 0 amide bonds. The molecule has 3 heteroatoms. The number of carbonyl (C=O) groups is 2. The lowest BCUT2D eigenvalue weighted by Crippen LogP contribution is -2.45. The van der Waals surface area contributed by atoms with Gasteiger partial charge in [0.2, 0.25) is 0 Å². The monoisotopic (exact) mass is 255 g/mol. The molecule has 0 bridgehead atoms. The van der Waals surface area contributed by atoms with E-state index in [1.807, 2.05) is 37.3 Å². The summed E-state index contributed by atoms with van der Waals surface area (Å²) in [7, 11) is 0. The van der Waals surface area contributed by atoms with E-state index < -0.39 is 17.3 Å². The van der Waals surface area contributed by atoms with Crippen LogP contribution in [-0.2, 0) is 9.59 Å². The number of carboxylic acids is 1. The average molecular weight is 255 g/mol. The molecule has 0 saturated heterocycles. The maximum Gasteiger partial charge on any atom is 0.131 e. The molecule has 0 aromatic heterocycles. The molecule has 0 radical (unpaired) electrons. The third-order valence-corrected chi connectivity index (χ3v) is 3.85. The Bertz CT molecular complexity index is 530. The van der Waals surface area contributed by atoms with Crippen LogP contribution in [0.4, 0.5) is 0 Å². The molecular formula is C16H15O3-. The standard InChI is InChI=1S/C16H16O3/c1-12(13-7-3-2-4-8-13)16(11-17)10-6-5-9-14(16)15(18)19/h2-12,14H,1H3,(H,18,19)/p-1. The van der Waals surface area contributed by atoms with Crippen molar-refractivity contribution in [3.63, 3.8) is 0 Å². The Morgan fingerprint density at radius 2 is 2.00 bits per heavy atom. The van der Waals surface area contributed by atoms with Gasteiger partial charge >= 0.3 is 0 Å². The zero-order chi connectivity index (χ0) is 13.9. The molecule has 1 aromatic carbocycles. The highest BCUT2D eigenvalue weighted by atomic mass is 16.4. The summed E-state index contributed by atoms with van der Waals surface area (Å²) in [4.78, 5) is 22.9. The van der Waals surface area contributed by atoms with Gasteiger partial charge in [-0.25, -0.2) is 0 Å². The third kappa shape index (κ3) is 2.24. The summed E-state index contributed by atoms with van der Waals surface area (Å²) in [5.74, 6) is -2.41. The Kier molecular flexibility index (Phi) is 3.65. The predicted molar refractivity (Wildman–Crippen MR) is 70.1 cm³/mol. The van der Waals surface area contributed by atoms with Crippen LogP contribution in [0.2, 0.25) is 0 Å². The topological polar surface area (TPSA) is 57.2 Å². The van der Waals surface area contributed by atoms with Gasteiger partial charge in [0, 0.05) is 11.9 Å². The van der Waals surface area contributed by atoms with E-state index in [9.17, 15) is 14.7 Å². The Balaban J connectivity index is 2.47. The minimum Gasteiger partial charge on any atom is -0.549 e. The number of rotatable bonds is 4. The molecule has 0 N–H and O–H groups in total. The second-order valence-corrected chi connectivity index (χ2v) is 4.79. The minimum absolute atomic E-state index is 0.240. The van der Waals surface area contributed by atoms with Crippen LogP contribution in [0.5, 0.6) is 0 Å². The Labute approximate surface area is 112 Å². The van der Waals surface area contributed by atoms with E-state index in [2.05, 4.69) is 0 Å². The number of aldehydes is 1. The zero-order valence-corrected chi connectivity index (χ0v) is 10.7. The van der Waals surface area contributed by atoms with Crippen molar-refractivity contribution >= 4 is 12.3 Å². The first-order valence-corrected chi connectivity index (χ1v) is 6.20. The second kappa shape index (κ2) is 5.22. The lowest BCUT2D eigenvalue weighted by atomic mass is 9.64. The van der Waals surface area contributed by atoms with Gasteiger partial charge in [-0.2, -0.15) is 0 Å². The molecule has 3 unspecified atom stereocenters. The number of aliphatic carboxylic acids is 1. The smallest absolute Gasteiger partial charge is 0.131 e. The number of benzene rings is 1. The molecule has 3 atom stereocenters. The molecule has 19 heavy (non-hydrogen) atoms. The van der Waals surface area contributed by atoms with Crippen molar-refractivity contribution in [2.75, 3.05) is 0 Å². The highest BCUT2D eigenvalue weighted by Crippen LogP contribution is 2.44. The molecule has 1 aromatic rings. The van der Waals surface area contributed by atoms with E-state index in [0.29, 0.717) is 0 Å². The van der Waals surface area contributed by atoms with E-state index in [-0.39, 0.29) is 5.92 Å². The van der Waals surface area contributed by atoms with Crippen molar-refractivity contribution in [3.05, 3.63) is 60.2 Å². The van der Waals surface area contributed by atoms with Crippen molar-refractivity contribution in [3.8, 4) is 0 Å². The van der Waals surface area contributed by atoms with E-state index >= 15 is 0 Å². The SMILES string of the molecule is CC(c1ccccc1)C1(C=O)C=CC=CC1C(=O)[O-]. The highest BCUT2D eigenvalue weighted by Gasteiger charge is 2.42. The maximum atomic E-state index is 11.6. The minimum atomic E-state index is -1.23. The van der Waals surface area contributed by atoms with Crippen LogP contribution in [0.25, 0.3) is 0 Å². The van der Waals surface area contributed by atoms with E-state index in [1.54, 1.807) is 18.2 Å². The predicted octanol–water partition coefficient (Wildman–Crippen LogP) is 1.47. The number of hydrogen-bond acceptors (Lipinski definition) is 3. The summed E-state index contributed by atoms with van der Waals surface area (Å²) >= 11 is 0. The normalized spacial score (nSPS) is 26.9. The molecule has 0 aliphatic heterocycles. The van der Waals surface area contributed by atoms with Crippen molar-refractivity contribution < 1.29 is 14.7 Å². The Hall–Kier alpha value is -2.16. The van der Waals surface area contributed by atoms with Crippen LogP contribution in [0, 0.1) is 11.3 Å². The third-order valence-electron chi connectivity index (χ3n) is 3.85. The summed E-state index contributed by atoms with van der Waals surface area (Å²) in [6.45, 7) is 1.86. The molecule has 0 fully saturated rings. The largest absolute Gasteiger partial charge is 0.549 e. The van der Waals surface area contributed by atoms with Gasteiger partial charge in [0.25, 0.3) is 0 Å². The summed E-state index contributed by atoms with van der Waals surface area (Å²) in [5.41, 5.74) is -0.157. The molecule has 2 rings (SSSR count). The van der Waals surface area contributed by atoms with Crippen molar-refractivity contribution in [1.29, 1.82) is 0 Å². The number of carbonyl (C=O) groups excluding carboxylic acids is 2. The fourth-order valence-corrected chi connectivity index (χ4v) is 2.61. The molecule has 3 nitrogen and oxygen atoms in total. The van der Waals surface area contributed by atoms with E-state index in [4.69, 9.17) is 0 Å². The van der Waals surface area contributed by atoms with E-state index in [0.717, 1.165) is 11.8 Å². The van der Waals surface area contributed by atoms with Crippen LogP contribution in [0.3, 0.4) is 0 Å². The van der Waals surface area contributed by atoms with Gasteiger partial charge in [0.15, 0.2) is 0 Å². The zero-order valence-electron chi connectivity index (χ0n) is 10.7. The van der Waals surface area contributed by atoms with Crippen LogP contribution >= 0.6 is 0 Å². The van der Waals surface area contributed by atoms with Crippen LogP contribution < -0.4 is 5.11 Å². The number of hydrogen-bond donors (Lipinski definition) is 0. The van der Waals surface area contributed by atoms with E-state index in [1.165, 1.54) is 6.08 Å². The average Bonchev–Trinajstić information content (AvgIpc) is 2.47. The van der Waals surface area contributed by atoms with Gasteiger partial charge in [0.1, 0.15) is 6.29 Å². The first-order valence-electron chi connectivity index (χ1n) is 6.20. The number of carboxylic acid groups (broad SMARTS) is 1. The molecule has 1 aliphatic carbocycles. The fourth-order valence-electron chi connectivity index (χ4n) is 2.61. The van der Waals surface area contributed by atoms with Gasteiger partial charge in [0.05, 0.1) is 5.41 Å². The molecule has 98 valence electrons. The first-order chi connectivity index (χ1) is 9.12. The van der Waals surface area contributed by atoms with Gasteiger partial charge in [-0.15, -0.1) is 0 Å². The summed E-state index contributed by atoms with van der Waals surface area (Å²) < 4.78 is 0. The molecule has 1 aliphatic rings. The van der Waals surface area contributed by atoms with Gasteiger partial charge < -0.3 is 14.7 Å². The van der Waals surface area contributed by atoms with Gasteiger partial charge in [-0.1, -0.05) is 61.6 Å². The maximum absolute atomic E-state index is 11.6. The molecule has 0 heterocycles. The summed E-state index contributed by atoms with van der Waals surface area (Å²) in [5, 5.41) is 11.3. The van der Waals surface area contributed by atoms with Gasteiger partial charge in [-0.05, 0) is 11.5 Å². The number of allylic oxidation sites excluding steroid dienone is 3. The van der Waals surface area contributed by atoms with Crippen molar-refractivity contribution in [2.45, 2.75) is 12.8 Å². The van der Waals surface area contributed by atoms with Crippen LogP contribution in [0.1, 0.15) is 18.4 Å². The summed E-state index contributed by atoms with van der Waals surface area (Å²) in [6.07, 6.45) is 7.26. The highest BCUT2D eigenvalue weighted by molar-refractivity contribution is 5.81. The van der Waals surface area contributed by atoms with Crippen molar-refractivity contribution in [1.82, 2.24) is 0 Å². The van der Waals surface area contributed by atoms with Crippen molar-refractivity contribution in [2.24, 2.45) is 11.3 Å². The quantitative estimate of drug-likeness (QED) is 0.765. The first kappa shape index (κ1) is 13.3. The Morgan fingerprint density at radius 3 is 2.58 bits per heavy atom.